The summed E-state index contributed by atoms with van der Waals surface area (Å²) in [7, 11) is 0. The number of amides is 1. The lowest BCUT2D eigenvalue weighted by Gasteiger charge is -2.34. The van der Waals surface area contributed by atoms with E-state index in [-0.39, 0.29) is 5.91 Å². The number of carbonyl (C=O) groups is 2. The zero-order valence-electron chi connectivity index (χ0n) is 12.3. The van der Waals surface area contributed by atoms with Crippen LogP contribution in [0.25, 0.3) is 0 Å². The molecule has 4 nitrogen and oxygen atoms in total. The van der Waals surface area contributed by atoms with Gasteiger partial charge in [-0.3, -0.25) is 4.79 Å². The summed E-state index contributed by atoms with van der Waals surface area (Å²) in [6.45, 7) is 0. The van der Waals surface area contributed by atoms with Crippen LogP contribution in [0.3, 0.4) is 0 Å². The van der Waals surface area contributed by atoms with Gasteiger partial charge in [0.15, 0.2) is 0 Å². The van der Waals surface area contributed by atoms with Gasteiger partial charge in [-0.05, 0) is 31.6 Å². The van der Waals surface area contributed by atoms with Crippen LogP contribution in [-0.4, -0.2) is 22.5 Å². The van der Waals surface area contributed by atoms with Crippen molar-refractivity contribution in [3.05, 3.63) is 0 Å². The van der Waals surface area contributed by atoms with Crippen LogP contribution in [0.1, 0.15) is 77.0 Å². The normalized spacial score (nSPS) is 23.8. The first-order valence-corrected chi connectivity index (χ1v) is 8.17. The predicted molar refractivity (Wildman–Crippen MR) is 77.4 cm³/mol. The van der Waals surface area contributed by atoms with E-state index in [1.165, 1.54) is 25.7 Å². The molecule has 2 aliphatic carbocycles. The lowest BCUT2D eigenvalue weighted by atomic mass is 9.81. The molecule has 0 aromatic rings. The SMILES string of the molecule is O=C(CC1CCCCCC1)NC1(C(=O)O)CCCCC1. The second kappa shape index (κ2) is 7.09. The zero-order valence-corrected chi connectivity index (χ0v) is 12.3. The summed E-state index contributed by atoms with van der Waals surface area (Å²) in [5, 5.41) is 12.3. The molecule has 0 saturated heterocycles. The van der Waals surface area contributed by atoms with Crippen LogP contribution in [0, 0.1) is 5.92 Å². The fraction of sp³-hybridized carbons (Fsp3) is 0.875. The van der Waals surface area contributed by atoms with Gasteiger partial charge in [-0.2, -0.15) is 0 Å². The molecule has 1 amide bonds. The standard InChI is InChI=1S/C16H27NO3/c18-14(12-13-8-4-1-2-5-9-13)17-16(15(19)20)10-6-3-7-11-16/h13H,1-12H2,(H,17,18)(H,19,20). The Balaban J connectivity index is 1.89. The Labute approximate surface area is 121 Å². The van der Waals surface area contributed by atoms with Crippen LogP contribution in [0.5, 0.6) is 0 Å². The van der Waals surface area contributed by atoms with E-state index < -0.39 is 11.5 Å². The smallest absolute Gasteiger partial charge is 0.329 e. The Hall–Kier alpha value is -1.06. The molecular weight excluding hydrogens is 254 g/mol. The predicted octanol–water partition coefficient (Wildman–Crippen LogP) is 3.25. The van der Waals surface area contributed by atoms with E-state index in [9.17, 15) is 14.7 Å². The minimum Gasteiger partial charge on any atom is -0.480 e. The average molecular weight is 281 g/mol. The van der Waals surface area contributed by atoms with Gasteiger partial charge in [-0.1, -0.05) is 44.9 Å². The van der Waals surface area contributed by atoms with Gasteiger partial charge in [-0.15, -0.1) is 0 Å². The van der Waals surface area contributed by atoms with E-state index in [1.807, 2.05) is 0 Å². The van der Waals surface area contributed by atoms with E-state index >= 15 is 0 Å². The van der Waals surface area contributed by atoms with Crippen LogP contribution in [-0.2, 0) is 9.59 Å². The highest BCUT2D eigenvalue weighted by Gasteiger charge is 2.41. The first kappa shape index (κ1) is 15.3. The van der Waals surface area contributed by atoms with Gasteiger partial charge >= 0.3 is 5.97 Å². The van der Waals surface area contributed by atoms with Crippen molar-refractivity contribution in [2.24, 2.45) is 5.92 Å². The highest BCUT2D eigenvalue weighted by Crippen LogP contribution is 2.30. The molecule has 0 aromatic carbocycles. The maximum atomic E-state index is 12.2. The average Bonchev–Trinajstić information content (AvgIpc) is 2.68. The molecule has 20 heavy (non-hydrogen) atoms. The van der Waals surface area contributed by atoms with E-state index in [0.717, 1.165) is 32.1 Å². The van der Waals surface area contributed by atoms with Gasteiger partial charge in [0.25, 0.3) is 0 Å². The Morgan fingerprint density at radius 1 is 0.950 bits per heavy atom. The molecule has 0 radical (unpaired) electrons. The first-order valence-electron chi connectivity index (χ1n) is 8.17. The highest BCUT2D eigenvalue weighted by molar-refractivity contribution is 5.87. The Bertz CT molecular complexity index is 340. The maximum absolute atomic E-state index is 12.2. The fourth-order valence-corrected chi connectivity index (χ4v) is 3.70. The fourth-order valence-electron chi connectivity index (χ4n) is 3.70. The number of carboxylic acid groups (broad SMARTS) is 1. The summed E-state index contributed by atoms with van der Waals surface area (Å²) in [4.78, 5) is 23.8. The Kier molecular flexibility index (Phi) is 5.44. The van der Waals surface area contributed by atoms with E-state index in [2.05, 4.69) is 5.32 Å². The van der Waals surface area contributed by atoms with Crippen LogP contribution < -0.4 is 5.32 Å². The molecule has 2 aliphatic rings. The Morgan fingerprint density at radius 3 is 2.05 bits per heavy atom. The van der Waals surface area contributed by atoms with Crippen molar-refractivity contribution >= 4 is 11.9 Å². The molecule has 0 atom stereocenters. The minimum atomic E-state index is -0.986. The number of rotatable bonds is 4. The molecule has 0 aromatic heterocycles. The quantitative estimate of drug-likeness (QED) is 0.777. The molecule has 2 fully saturated rings. The van der Waals surface area contributed by atoms with E-state index in [4.69, 9.17) is 0 Å². The summed E-state index contributed by atoms with van der Waals surface area (Å²) < 4.78 is 0. The van der Waals surface area contributed by atoms with E-state index in [0.29, 0.717) is 25.2 Å². The summed E-state index contributed by atoms with van der Waals surface area (Å²) in [6.07, 6.45) is 11.8. The van der Waals surface area contributed by atoms with Gasteiger partial charge in [0.1, 0.15) is 5.54 Å². The number of carbonyl (C=O) groups excluding carboxylic acids is 1. The number of carboxylic acids is 1. The van der Waals surface area contributed by atoms with Gasteiger partial charge in [0, 0.05) is 6.42 Å². The summed E-state index contributed by atoms with van der Waals surface area (Å²) in [6, 6.07) is 0. The molecule has 2 rings (SSSR count). The molecule has 2 N–H and O–H groups in total. The molecule has 2 saturated carbocycles. The number of nitrogens with one attached hydrogen (secondary N) is 1. The molecule has 0 unspecified atom stereocenters. The van der Waals surface area contributed by atoms with Crippen molar-refractivity contribution in [2.45, 2.75) is 82.6 Å². The lowest BCUT2D eigenvalue weighted by Crippen LogP contribution is -2.55. The van der Waals surface area contributed by atoms with Crippen molar-refractivity contribution in [1.29, 1.82) is 0 Å². The monoisotopic (exact) mass is 281 g/mol. The summed E-state index contributed by atoms with van der Waals surface area (Å²) in [5.41, 5.74) is -0.986. The second-order valence-corrected chi connectivity index (χ2v) is 6.56. The summed E-state index contributed by atoms with van der Waals surface area (Å²) in [5.74, 6) is -0.459. The van der Waals surface area contributed by atoms with Crippen molar-refractivity contribution in [2.75, 3.05) is 0 Å². The van der Waals surface area contributed by atoms with Crippen molar-refractivity contribution in [3.63, 3.8) is 0 Å². The van der Waals surface area contributed by atoms with Crippen molar-refractivity contribution in [1.82, 2.24) is 5.32 Å². The number of hydrogen-bond donors (Lipinski definition) is 2. The molecule has 0 spiro atoms. The van der Waals surface area contributed by atoms with Gasteiger partial charge in [-0.25, -0.2) is 4.79 Å². The third-order valence-corrected chi connectivity index (χ3v) is 4.94. The van der Waals surface area contributed by atoms with Crippen LogP contribution >= 0.6 is 0 Å². The van der Waals surface area contributed by atoms with Crippen LogP contribution in [0.15, 0.2) is 0 Å². The van der Waals surface area contributed by atoms with Crippen molar-refractivity contribution < 1.29 is 14.7 Å². The molecule has 4 heteroatoms. The zero-order chi connectivity index (χ0) is 14.4. The van der Waals surface area contributed by atoms with Gasteiger partial charge in [0.05, 0.1) is 0 Å². The Morgan fingerprint density at radius 2 is 1.50 bits per heavy atom. The molecule has 0 bridgehead atoms. The third-order valence-electron chi connectivity index (χ3n) is 4.94. The first-order chi connectivity index (χ1) is 9.62. The van der Waals surface area contributed by atoms with Gasteiger partial charge in [0.2, 0.25) is 5.91 Å². The number of aliphatic carboxylic acids is 1. The third kappa shape index (κ3) is 3.97. The van der Waals surface area contributed by atoms with Gasteiger partial charge < -0.3 is 10.4 Å². The van der Waals surface area contributed by atoms with E-state index in [1.54, 1.807) is 0 Å². The molecule has 0 aliphatic heterocycles. The maximum Gasteiger partial charge on any atom is 0.329 e. The molecule has 114 valence electrons. The largest absolute Gasteiger partial charge is 0.480 e. The van der Waals surface area contributed by atoms with Crippen LogP contribution in [0.2, 0.25) is 0 Å². The highest BCUT2D eigenvalue weighted by atomic mass is 16.4. The second-order valence-electron chi connectivity index (χ2n) is 6.56. The molecular formula is C16H27NO3. The van der Waals surface area contributed by atoms with Crippen molar-refractivity contribution in [3.8, 4) is 0 Å². The minimum absolute atomic E-state index is 0.0544. The number of hydrogen-bond acceptors (Lipinski definition) is 2. The summed E-state index contributed by atoms with van der Waals surface area (Å²) >= 11 is 0. The lowest BCUT2D eigenvalue weighted by molar-refractivity contribution is -0.149. The topological polar surface area (TPSA) is 66.4 Å². The van der Waals surface area contributed by atoms with Crippen LogP contribution in [0.4, 0.5) is 0 Å². The molecule has 0 heterocycles.